The highest BCUT2D eigenvalue weighted by molar-refractivity contribution is 5.59. The largest absolute Gasteiger partial charge is 0.368 e. The maximum absolute atomic E-state index is 5.73. The lowest BCUT2D eigenvalue weighted by atomic mass is 10.2. The number of nitrogen functional groups attached to an aromatic ring is 1. The van der Waals surface area contributed by atoms with Gasteiger partial charge in [0.2, 0.25) is 11.9 Å². The van der Waals surface area contributed by atoms with Crippen LogP contribution in [0, 0.1) is 0 Å². The Morgan fingerprint density at radius 3 is 2.60 bits per heavy atom. The molecule has 0 atom stereocenters. The molecule has 0 bridgehead atoms. The van der Waals surface area contributed by atoms with Crippen molar-refractivity contribution in [3.63, 3.8) is 0 Å². The Morgan fingerprint density at radius 1 is 1.10 bits per heavy atom. The monoisotopic (exact) mass is 267 g/mol. The normalized spacial score (nSPS) is 10.4. The molecule has 20 heavy (non-hydrogen) atoms. The van der Waals surface area contributed by atoms with E-state index in [-0.39, 0.29) is 5.95 Å². The first-order chi connectivity index (χ1) is 9.70. The van der Waals surface area contributed by atoms with Crippen LogP contribution >= 0.6 is 0 Å². The van der Waals surface area contributed by atoms with Crippen molar-refractivity contribution in [1.29, 1.82) is 0 Å². The quantitative estimate of drug-likeness (QED) is 0.748. The highest BCUT2D eigenvalue weighted by Gasteiger charge is 2.07. The van der Waals surface area contributed by atoms with Gasteiger partial charge >= 0.3 is 0 Å². The van der Waals surface area contributed by atoms with E-state index in [2.05, 4.69) is 25.4 Å². The number of rotatable bonds is 3. The van der Waals surface area contributed by atoms with E-state index in [0.717, 1.165) is 11.3 Å². The lowest BCUT2D eigenvalue weighted by molar-refractivity contribution is 0.768. The molecule has 3 aromatic rings. The summed E-state index contributed by atoms with van der Waals surface area (Å²) < 4.78 is 1.69. The molecule has 3 rings (SSSR count). The zero-order chi connectivity index (χ0) is 13.9. The van der Waals surface area contributed by atoms with Crippen LogP contribution in [0.4, 0.5) is 17.6 Å². The van der Waals surface area contributed by atoms with Crippen molar-refractivity contribution in [2.75, 3.05) is 11.1 Å². The zero-order valence-electron chi connectivity index (χ0n) is 10.9. The molecule has 0 aliphatic carbocycles. The molecule has 1 aromatic carbocycles. The minimum atomic E-state index is 0.172. The van der Waals surface area contributed by atoms with E-state index in [4.69, 9.17) is 5.73 Å². The fraction of sp³-hybridized carbons (Fsp3) is 0.0769. The Hall–Kier alpha value is -2.96. The SMILES string of the molecule is Cn1cc(Nc2nc(N)nc(-c3ccccc3)n2)cn1. The maximum Gasteiger partial charge on any atom is 0.232 e. The van der Waals surface area contributed by atoms with Gasteiger partial charge in [-0.25, -0.2) is 0 Å². The first-order valence-electron chi connectivity index (χ1n) is 6.03. The van der Waals surface area contributed by atoms with E-state index < -0.39 is 0 Å². The lowest BCUT2D eigenvalue weighted by Crippen LogP contribution is -2.04. The summed E-state index contributed by atoms with van der Waals surface area (Å²) >= 11 is 0. The number of nitrogens with zero attached hydrogens (tertiary/aromatic N) is 5. The molecule has 0 amide bonds. The average molecular weight is 267 g/mol. The topological polar surface area (TPSA) is 94.5 Å². The van der Waals surface area contributed by atoms with E-state index in [0.29, 0.717) is 11.8 Å². The molecule has 100 valence electrons. The molecule has 0 saturated heterocycles. The lowest BCUT2D eigenvalue weighted by Gasteiger charge is -2.05. The van der Waals surface area contributed by atoms with Crippen molar-refractivity contribution in [3.8, 4) is 11.4 Å². The van der Waals surface area contributed by atoms with E-state index >= 15 is 0 Å². The van der Waals surface area contributed by atoms with Crippen LogP contribution in [0.2, 0.25) is 0 Å². The second-order valence-corrected chi connectivity index (χ2v) is 4.23. The molecular formula is C13H13N7. The van der Waals surface area contributed by atoms with E-state index in [1.165, 1.54) is 0 Å². The second-order valence-electron chi connectivity index (χ2n) is 4.23. The highest BCUT2D eigenvalue weighted by Crippen LogP contribution is 2.18. The molecule has 7 nitrogen and oxygen atoms in total. The van der Waals surface area contributed by atoms with Crippen LogP contribution in [0.1, 0.15) is 0 Å². The molecule has 0 unspecified atom stereocenters. The van der Waals surface area contributed by atoms with Gasteiger partial charge in [-0.3, -0.25) is 4.68 Å². The molecule has 2 aromatic heterocycles. The van der Waals surface area contributed by atoms with Gasteiger partial charge in [0, 0.05) is 18.8 Å². The Balaban J connectivity index is 1.94. The number of aromatic nitrogens is 5. The van der Waals surface area contributed by atoms with E-state index in [1.54, 1.807) is 10.9 Å². The summed E-state index contributed by atoms with van der Waals surface area (Å²) in [5.74, 6) is 1.10. The Morgan fingerprint density at radius 2 is 1.90 bits per heavy atom. The summed E-state index contributed by atoms with van der Waals surface area (Å²) in [7, 11) is 1.84. The van der Waals surface area contributed by atoms with Gasteiger partial charge < -0.3 is 11.1 Å². The van der Waals surface area contributed by atoms with Gasteiger partial charge in [0.05, 0.1) is 11.9 Å². The summed E-state index contributed by atoms with van der Waals surface area (Å²) in [6.45, 7) is 0. The van der Waals surface area contributed by atoms with Crippen LogP contribution in [0.3, 0.4) is 0 Å². The standard InChI is InChI=1S/C13H13N7/c1-20-8-10(7-15-20)16-13-18-11(17-12(14)19-13)9-5-3-2-4-6-9/h2-8H,1H3,(H3,14,16,17,18,19). The molecule has 0 aliphatic heterocycles. The smallest absolute Gasteiger partial charge is 0.232 e. The summed E-state index contributed by atoms with van der Waals surface area (Å²) in [5.41, 5.74) is 7.41. The number of nitrogens with two attached hydrogens (primary N) is 1. The van der Waals surface area contributed by atoms with Crippen molar-refractivity contribution >= 4 is 17.6 Å². The van der Waals surface area contributed by atoms with Gasteiger partial charge in [0.15, 0.2) is 5.82 Å². The molecule has 0 saturated carbocycles. The van der Waals surface area contributed by atoms with Crippen LogP contribution in [0.25, 0.3) is 11.4 Å². The van der Waals surface area contributed by atoms with Gasteiger partial charge in [-0.2, -0.15) is 20.1 Å². The van der Waals surface area contributed by atoms with Crippen LogP contribution in [-0.4, -0.2) is 24.7 Å². The predicted molar refractivity (Wildman–Crippen MR) is 76.2 cm³/mol. The number of benzene rings is 1. The number of nitrogens with one attached hydrogen (secondary N) is 1. The van der Waals surface area contributed by atoms with Crippen LogP contribution < -0.4 is 11.1 Å². The summed E-state index contributed by atoms with van der Waals surface area (Å²) in [6, 6.07) is 9.61. The van der Waals surface area contributed by atoms with Gasteiger partial charge in [-0.05, 0) is 0 Å². The van der Waals surface area contributed by atoms with Gasteiger partial charge in [0.25, 0.3) is 0 Å². The minimum absolute atomic E-state index is 0.172. The fourth-order valence-electron chi connectivity index (χ4n) is 1.78. The third-order valence-corrected chi connectivity index (χ3v) is 2.65. The van der Waals surface area contributed by atoms with E-state index in [1.807, 2.05) is 43.6 Å². The molecule has 0 spiro atoms. The van der Waals surface area contributed by atoms with Crippen molar-refractivity contribution in [2.24, 2.45) is 7.05 Å². The first-order valence-corrected chi connectivity index (χ1v) is 6.03. The van der Waals surface area contributed by atoms with Gasteiger partial charge in [-0.15, -0.1) is 0 Å². The number of hydrogen-bond acceptors (Lipinski definition) is 6. The third kappa shape index (κ3) is 2.56. The number of anilines is 3. The number of aryl methyl sites for hydroxylation is 1. The molecular weight excluding hydrogens is 254 g/mol. The minimum Gasteiger partial charge on any atom is -0.368 e. The Labute approximate surface area is 115 Å². The van der Waals surface area contributed by atoms with Crippen molar-refractivity contribution in [1.82, 2.24) is 24.7 Å². The Kier molecular flexibility index (Phi) is 3.00. The van der Waals surface area contributed by atoms with Crippen LogP contribution in [0.5, 0.6) is 0 Å². The predicted octanol–water partition coefficient (Wildman–Crippen LogP) is 1.60. The van der Waals surface area contributed by atoms with Crippen LogP contribution in [-0.2, 0) is 7.05 Å². The highest BCUT2D eigenvalue weighted by atomic mass is 15.3. The van der Waals surface area contributed by atoms with Gasteiger partial charge in [-0.1, -0.05) is 30.3 Å². The summed E-state index contributed by atoms with van der Waals surface area (Å²) in [6.07, 6.45) is 3.50. The van der Waals surface area contributed by atoms with Crippen LogP contribution in [0.15, 0.2) is 42.7 Å². The fourth-order valence-corrected chi connectivity index (χ4v) is 1.78. The zero-order valence-corrected chi connectivity index (χ0v) is 10.9. The summed E-state index contributed by atoms with van der Waals surface area (Å²) in [5, 5.41) is 7.12. The number of hydrogen-bond donors (Lipinski definition) is 2. The van der Waals surface area contributed by atoms with Crippen molar-refractivity contribution in [3.05, 3.63) is 42.7 Å². The molecule has 0 fully saturated rings. The molecule has 7 heteroatoms. The van der Waals surface area contributed by atoms with Gasteiger partial charge in [0.1, 0.15) is 0 Å². The summed E-state index contributed by atoms with van der Waals surface area (Å²) in [4.78, 5) is 12.6. The second kappa shape index (κ2) is 4.96. The molecule has 2 heterocycles. The first kappa shape index (κ1) is 12.1. The Bertz CT molecular complexity index is 721. The molecule has 0 aliphatic rings. The molecule has 0 radical (unpaired) electrons. The van der Waals surface area contributed by atoms with Crippen molar-refractivity contribution in [2.45, 2.75) is 0 Å². The third-order valence-electron chi connectivity index (χ3n) is 2.65. The maximum atomic E-state index is 5.73. The molecule has 3 N–H and O–H groups in total. The van der Waals surface area contributed by atoms with E-state index in [9.17, 15) is 0 Å². The average Bonchev–Trinajstić information content (AvgIpc) is 2.84. The van der Waals surface area contributed by atoms with Crippen molar-refractivity contribution < 1.29 is 0 Å².